The molecule has 9 heteroatoms. The first-order valence-corrected chi connectivity index (χ1v) is 4.43. The Morgan fingerprint density at radius 3 is 2.50 bits per heavy atom. The lowest BCUT2D eigenvalue weighted by Gasteiger charge is -2.02. The summed E-state index contributed by atoms with van der Waals surface area (Å²) in [4.78, 5) is 23.1. The zero-order valence-corrected chi connectivity index (χ0v) is 8.80. The number of carbonyl (C=O) groups excluding carboxylic acids is 1. The molecule has 0 atom stereocenters. The summed E-state index contributed by atoms with van der Waals surface area (Å²) >= 11 is 10.4. The molecule has 1 rings (SSSR count). The van der Waals surface area contributed by atoms with Crippen molar-refractivity contribution in [3.63, 3.8) is 0 Å². The first-order chi connectivity index (χ1) is 7.34. The Bertz CT molecular complexity index is 467. The zero-order valence-electron chi connectivity index (χ0n) is 7.29. The molecule has 1 aromatic heterocycles. The predicted molar refractivity (Wildman–Crippen MR) is 51.0 cm³/mol. The number of hydrogen-bond acceptors (Lipinski definition) is 4. The smallest absolute Gasteiger partial charge is 0.358 e. The minimum atomic E-state index is -3.15. The third-order valence-electron chi connectivity index (χ3n) is 1.60. The molecule has 16 heavy (non-hydrogen) atoms. The van der Waals surface area contributed by atoms with Crippen molar-refractivity contribution in [2.75, 3.05) is 0 Å². The van der Waals surface area contributed by atoms with Gasteiger partial charge in [-0.25, -0.2) is 8.78 Å². The first-order valence-electron chi connectivity index (χ1n) is 3.67. The summed E-state index contributed by atoms with van der Waals surface area (Å²) in [5.41, 5.74) is -1.50. The lowest BCUT2D eigenvalue weighted by Crippen LogP contribution is -2.03. The third-order valence-corrected chi connectivity index (χ3v) is 2.10. The van der Waals surface area contributed by atoms with Crippen LogP contribution in [0.5, 0.6) is 0 Å². The Morgan fingerprint density at radius 2 is 2.12 bits per heavy atom. The number of halogens is 4. The summed E-state index contributed by atoms with van der Waals surface area (Å²) in [6, 6.07) is 0.563. The van der Waals surface area contributed by atoms with Crippen molar-refractivity contribution >= 4 is 34.3 Å². The topological polar surface area (TPSA) is 73.1 Å². The van der Waals surface area contributed by atoms with Gasteiger partial charge in [-0.15, -0.1) is 0 Å². The fourth-order valence-electron chi connectivity index (χ4n) is 0.942. The van der Waals surface area contributed by atoms with E-state index in [1.54, 1.807) is 0 Å². The molecular formula is C7H2Cl2F2N2O3. The first kappa shape index (κ1) is 12.7. The van der Waals surface area contributed by atoms with Crippen molar-refractivity contribution in [2.24, 2.45) is 0 Å². The Hall–Kier alpha value is -1.34. The Kier molecular flexibility index (Phi) is 3.71. The Morgan fingerprint density at radius 1 is 1.56 bits per heavy atom. The molecule has 86 valence electrons. The zero-order chi connectivity index (χ0) is 12.5. The van der Waals surface area contributed by atoms with Crippen molar-refractivity contribution in [1.29, 1.82) is 0 Å². The van der Waals surface area contributed by atoms with Gasteiger partial charge < -0.3 is 10.1 Å². The molecule has 0 N–H and O–H groups in total. The normalized spacial score (nSPS) is 10.6. The van der Waals surface area contributed by atoms with E-state index < -0.39 is 38.7 Å². The van der Waals surface area contributed by atoms with Crippen molar-refractivity contribution in [2.45, 2.75) is 6.43 Å². The highest BCUT2D eigenvalue weighted by molar-refractivity contribution is 6.68. The minimum absolute atomic E-state index is 0.496. The molecule has 5 nitrogen and oxygen atoms in total. The second-order valence-electron chi connectivity index (χ2n) is 2.57. The van der Waals surface area contributed by atoms with Crippen LogP contribution in [-0.2, 0) is 0 Å². The summed E-state index contributed by atoms with van der Waals surface area (Å²) in [6.07, 6.45) is -3.15. The van der Waals surface area contributed by atoms with Crippen molar-refractivity contribution in [1.82, 2.24) is 4.98 Å². The molecular weight excluding hydrogens is 269 g/mol. The number of nitrogens with zero attached hydrogens (tertiary/aromatic N) is 2. The molecule has 1 aromatic rings. The van der Waals surface area contributed by atoms with Crippen LogP contribution in [0.15, 0.2) is 6.07 Å². The SMILES string of the molecule is O=C(Cl)c1cc(C(F)F)c([N+](=O)[O-])nc1Cl. The van der Waals surface area contributed by atoms with Crippen molar-refractivity contribution in [3.8, 4) is 0 Å². The van der Waals surface area contributed by atoms with Gasteiger partial charge in [0.15, 0.2) is 0 Å². The van der Waals surface area contributed by atoms with Gasteiger partial charge >= 0.3 is 5.82 Å². The molecule has 0 radical (unpaired) electrons. The van der Waals surface area contributed by atoms with E-state index in [4.69, 9.17) is 23.2 Å². The van der Waals surface area contributed by atoms with Gasteiger partial charge in [-0.2, -0.15) is 0 Å². The number of hydrogen-bond donors (Lipinski definition) is 0. The number of carbonyl (C=O) groups is 1. The van der Waals surface area contributed by atoms with E-state index in [9.17, 15) is 23.7 Å². The van der Waals surface area contributed by atoms with Crippen molar-refractivity contribution < 1.29 is 18.5 Å². The van der Waals surface area contributed by atoms with E-state index in [-0.39, 0.29) is 0 Å². The van der Waals surface area contributed by atoms with E-state index in [1.165, 1.54) is 0 Å². The third kappa shape index (κ3) is 2.42. The number of nitro groups is 1. The number of pyridine rings is 1. The van der Waals surface area contributed by atoms with Crippen LogP contribution in [-0.4, -0.2) is 15.1 Å². The standard InChI is InChI=1S/C7H2Cl2F2N2O3/c8-4-2(5(9)14)1-3(6(10)11)7(12-4)13(15)16/h1,6H. The summed E-state index contributed by atoms with van der Waals surface area (Å²) in [5, 5.41) is 8.69. The van der Waals surface area contributed by atoms with Crippen LogP contribution in [0.25, 0.3) is 0 Å². The maximum atomic E-state index is 12.4. The molecule has 0 amide bonds. The number of alkyl halides is 2. The van der Waals surface area contributed by atoms with Crippen LogP contribution >= 0.6 is 23.2 Å². The van der Waals surface area contributed by atoms with Crippen LogP contribution < -0.4 is 0 Å². The lowest BCUT2D eigenvalue weighted by atomic mass is 10.2. The summed E-state index contributed by atoms with van der Waals surface area (Å²) in [5.74, 6) is -1.10. The van der Waals surface area contributed by atoms with Gasteiger partial charge in [0.25, 0.3) is 16.8 Å². The lowest BCUT2D eigenvalue weighted by molar-refractivity contribution is -0.391. The largest absolute Gasteiger partial charge is 0.374 e. The fourth-order valence-corrected chi connectivity index (χ4v) is 1.35. The highest BCUT2D eigenvalue weighted by Crippen LogP contribution is 2.31. The monoisotopic (exact) mass is 270 g/mol. The second kappa shape index (κ2) is 4.67. The minimum Gasteiger partial charge on any atom is -0.358 e. The van der Waals surface area contributed by atoms with E-state index in [0.29, 0.717) is 6.07 Å². The van der Waals surface area contributed by atoms with Crippen LogP contribution in [0.2, 0.25) is 5.15 Å². The Labute approximate surface area is 97.1 Å². The van der Waals surface area contributed by atoms with Gasteiger partial charge in [0.2, 0.25) is 0 Å². The van der Waals surface area contributed by atoms with Crippen LogP contribution in [0, 0.1) is 10.1 Å². The molecule has 0 bridgehead atoms. The highest BCUT2D eigenvalue weighted by Gasteiger charge is 2.28. The maximum absolute atomic E-state index is 12.4. The summed E-state index contributed by atoms with van der Waals surface area (Å²) in [7, 11) is 0. The van der Waals surface area contributed by atoms with Crippen molar-refractivity contribution in [3.05, 3.63) is 32.5 Å². The molecule has 0 fully saturated rings. The molecule has 0 aromatic carbocycles. The summed E-state index contributed by atoms with van der Waals surface area (Å²) < 4.78 is 24.8. The predicted octanol–water partition coefficient (Wildman–Crippen LogP) is 2.96. The average Bonchev–Trinajstić information content (AvgIpc) is 2.15. The van der Waals surface area contributed by atoms with Crippen LogP contribution in [0.3, 0.4) is 0 Å². The molecule has 0 saturated carbocycles. The quantitative estimate of drug-likeness (QED) is 0.366. The molecule has 0 aliphatic rings. The Balaban J connectivity index is 3.49. The molecule has 1 heterocycles. The van der Waals surface area contributed by atoms with Gasteiger partial charge in [-0.05, 0) is 39.2 Å². The molecule has 0 aliphatic carbocycles. The molecule has 0 saturated heterocycles. The highest BCUT2D eigenvalue weighted by atomic mass is 35.5. The average molecular weight is 271 g/mol. The summed E-state index contributed by atoms with van der Waals surface area (Å²) in [6.45, 7) is 0. The van der Waals surface area contributed by atoms with E-state index in [2.05, 4.69) is 4.98 Å². The van der Waals surface area contributed by atoms with Gasteiger partial charge in [0.1, 0.15) is 5.56 Å². The fraction of sp³-hybridized carbons (Fsp3) is 0.143. The van der Waals surface area contributed by atoms with E-state index in [0.717, 1.165) is 0 Å². The van der Waals surface area contributed by atoms with E-state index in [1.807, 2.05) is 0 Å². The van der Waals surface area contributed by atoms with Gasteiger partial charge in [-0.3, -0.25) is 4.79 Å². The van der Waals surface area contributed by atoms with E-state index >= 15 is 0 Å². The molecule has 0 aliphatic heterocycles. The van der Waals surface area contributed by atoms with Gasteiger partial charge in [0.05, 0.1) is 5.56 Å². The number of rotatable bonds is 3. The van der Waals surface area contributed by atoms with Gasteiger partial charge in [-0.1, -0.05) is 0 Å². The van der Waals surface area contributed by atoms with Crippen LogP contribution in [0.1, 0.15) is 22.3 Å². The number of aromatic nitrogens is 1. The molecule has 0 unspecified atom stereocenters. The maximum Gasteiger partial charge on any atom is 0.374 e. The second-order valence-corrected chi connectivity index (χ2v) is 3.27. The molecule has 0 spiro atoms. The van der Waals surface area contributed by atoms with Gasteiger partial charge in [0, 0.05) is 0 Å². The van der Waals surface area contributed by atoms with Crippen LogP contribution in [0.4, 0.5) is 14.6 Å².